The molecule has 5 heteroatoms. The SMILES string of the molecule is Cc1ccc(CN(C)C(=O)COc2ccc(Cl)c(C)c2)o1. The summed E-state index contributed by atoms with van der Waals surface area (Å²) < 4.78 is 10.9. The molecule has 21 heavy (non-hydrogen) atoms. The van der Waals surface area contributed by atoms with Crippen LogP contribution in [0.25, 0.3) is 0 Å². The van der Waals surface area contributed by atoms with Crippen molar-refractivity contribution in [2.45, 2.75) is 20.4 Å². The van der Waals surface area contributed by atoms with Crippen molar-refractivity contribution >= 4 is 17.5 Å². The van der Waals surface area contributed by atoms with Gasteiger partial charge in [0.05, 0.1) is 6.54 Å². The van der Waals surface area contributed by atoms with Gasteiger partial charge < -0.3 is 14.1 Å². The summed E-state index contributed by atoms with van der Waals surface area (Å²) in [6.07, 6.45) is 0. The van der Waals surface area contributed by atoms with Gasteiger partial charge in [0, 0.05) is 12.1 Å². The van der Waals surface area contributed by atoms with E-state index in [-0.39, 0.29) is 12.5 Å². The van der Waals surface area contributed by atoms with Gasteiger partial charge in [-0.25, -0.2) is 0 Å². The van der Waals surface area contributed by atoms with E-state index in [0.29, 0.717) is 17.3 Å². The molecule has 112 valence electrons. The molecule has 0 atom stereocenters. The molecule has 0 unspecified atom stereocenters. The summed E-state index contributed by atoms with van der Waals surface area (Å²) in [6.45, 7) is 4.17. The fourth-order valence-corrected chi connectivity index (χ4v) is 1.97. The number of carbonyl (C=O) groups excluding carboxylic acids is 1. The maximum Gasteiger partial charge on any atom is 0.260 e. The predicted molar refractivity (Wildman–Crippen MR) is 81.6 cm³/mol. The standard InChI is InChI=1S/C16H18ClNO3/c1-11-8-13(6-7-15(11)17)20-10-16(19)18(3)9-14-5-4-12(2)21-14/h4-8H,9-10H2,1-3H3. The second-order valence-corrected chi connectivity index (χ2v) is 5.37. The molecule has 1 aromatic carbocycles. The Morgan fingerprint density at radius 2 is 2.05 bits per heavy atom. The fraction of sp³-hybridized carbons (Fsp3) is 0.312. The van der Waals surface area contributed by atoms with Gasteiger partial charge in [0.2, 0.25) is 0 Å². The van der Waals surface area contributed by atoms with E-state index in [1.54, 1.807) is 24.1 Å². The summed E-state index contributed by atoms with van der Waals surface area (Å²) in [6, 6.07) is 9.05. The molecule has 0 aliphatic rings. The van der Waals surface area contributed by atoms with E-state index >= 15 is 0 Å². The highest BCUT2D eigenvalue weighted by Gasteiger charge is 2.12. The number of aryl methyl sites for hydroxylation is 2. The van der Waals surface area contributed by atoms with Crippen LogP contribution in [0.3, 0.4) is 0 Å². The fourth-order valence-electron chi connectivity index (χ4n) is 1.85. The number of carbonyl (C=O) groups is 1. The molecule has 2 aromatic rings. The van der Waals surface area contributed by atoms with Gasteiger partial charge in [-0.1, -0.05) is 11.6 Å². The Labute approximate surface area is 129 Å². The number of benzene rings is 1. The lowest BCUT2D eigenvalue weighted by atomic mass is 10.2. The summed E-state index contributed by atoms with van der Waals surface area (Å²) in [5.74, 6) is 2.11. The molecule has 2 rings (SSSR count). The molecular weight excluding hydrogens is 290 g/mol. The van der Waals surface area contributed by atoms with Crippen molar-refractivity contribution in [2.75, 3.05) is 13.7 Å². The average molecular weight is 308 g/mol. The number of ether oxygens (including phenoxy) is 1. The van der Waals surface area contributed by atoms with Crippen LogP contribution in [0, 0.1) is 13.8 Å². The minimum absolute atomic E-state index is 0.0166. The van der Waals surface area contributed by atoms with E-state index in [1.807, 2.05) is 32.0 Å². The number of amides is 1. The van der Waals surface area contributed by atoms with Crippen LogP contribution in [-0.4, -0.2) is 24.5 Å². The predicted octanol–water partition coefficient (Wildman–Crippen LogP) is 3.59. The minimum atomic E-state index is -0.114. The number of nitrogens with zero attached hydrogens (tertiary/aromatic N) is 1. The first-order valence-corrected chi connectivity index (χ1v) is 7.01. The van der Waals surface area contributed by atoms with Crippen LogP contribution in [0.15, 0.2) is 34.7 Å². The second kappa shape index (κ2) is 6.68. The number of likely N-dealkylation sites (N-methyl/N-ethyl adjacent to an activating group) is 1. The van der Waals surface area contributed by atoms with Gasteiger partial charge in [-0.15, -0.1) is 0 Å². The van der Waals surface area contributed by atoms with E-state index in [2.05, 4.69) is 0 Å². The normalized spacial score (nSPS) is 10.5. The van der Waals surface area contributed by atoms with E-state index in [1.165, 1.54) is 0 Å². The molecule has 0 N–H and O–H groups in total. The molecule has 0 fully saturated rings. The Balaban J connectivity index is 1.87. The summed E-state index contributed by atoms with van der Waals surface area (Å²) in [7, 11) is 1.72. The second-order valence-electron chi connectivity index (χ2n) is 4.96. The highest BCUT2D eigenvalue weighted by molar-refractivity contribution is 6.31. The third-order valence-electron chi connectivity index (χ3n) is 3.11. The van der Waals surface area contributed by atoms with Gasteiger partial charge in [-0.3, -0.25) is 4.79 Å². The smallest absolute Gasteiger partial charge is 0.260 e. The molecule has 0 saturated carbocycles. The van der Waals surface area contributed by atoms with Crippen LogP contribution in [0.2, 0.25) is 5.02 Å². The van der Waals surface area contributed by atoms with Crippen molar-refractivity contribution in [3.8, 4) is 5.75 Å². The lowest BCUT2D eigenvalue weighted by Crippen LogP contribution is -2.30. The highest BCUT2D eigenvalue weighted by Crippen LogP contribution is 2.21. The number of rotatable bonds is 5. The molecule has 0 radical (unpaired) electrons. The summed E-state index contributed by atoms with van der Waals surface area (Å²) in [5, 5.41) is 0.680. The third kappa shape index (κ3) is 4.26. The largest absolute Gasteiger partial charge is 0.484 e. The van der Waals surface area contributed by atoms with Crippen molar-refractivity contribution in [3.05, 3.63) is 52.4 Å². The number of hydrogen-bond acceptors (Lipinski definition) is 3. The number of hydrogen-bond donors (Lipinski definition) is 0. The zero-order valence-corrected chi connectivity index (χ0v) is 13.1. The van der Waals surface area contributed by atoms with Gasteiger partial charge in [-0.05, 0) is 49.7 Å². The molecule has 0 saturated heterocycles. The Morgan fingerprint density at radius 1 is 1.29 bits per heavy atom. The van der Waals surface area contributed by atoms with Crippen LogP contribution in [0.1, 0.15) is 17.1 Å². The minimum Gasteiger partial charge on any atom is -0.484 e. The molecule has 1 amide bonds. The summed E-state index contributed by atoms with van der Waals surface area (Å²) >= 11 is 5.94. The van der Waals surface area contributed by atoms with Crippen LogP contribution in [-0.2, 0) is 11.3 Å². The topological polar surface area (TPSA) is 42.7 Å². The third-order valence-corrected chi connectivity index (χ3v) is 3.53. The molecule has 0 spiro atoms. The Kier molecular flexibility index (Phi) is 4.91. The summed E-state index contributed by atoms with van der Waals surface area (Å²) in [4.78, 5) is 13.6. The van der Waals surface area contributed by atoms with Gasteiger partial charge in [0.25, 0.3) is 5.91 Å². The molecule has 1 aromatic heterocycles. The van der Waals surface area contributed by atoms with Gasteiger partial charge in [0.1, 0.15) is 17.3 Å². The Morgan fingerprint density at radius 3 is 2.67 bits per heavy atom. The molecule has 0 bridgehead atoms. The maximum absolute atomic E-state index is 12.0. The lowest BCUT2D eigenvalue weighted by molar-refractivity contribution is -0.132. The van der Waals surface area contributed by atoms with Crippen LogP contribution in [0.5, 0.6) is 5.75 Å². The molecule has 1 heterocycles. The van der Waals surface area contributed by atoms with Crippen molar-refractivity contribution in [2.24, 2.45) is 0 Å². The lowest BCUT2D eigenvalue weighted by Gasteiger charge is -2.16. The van der Waals surface area contributed by atoms with Crippen molar-refractivity contribution in [1.29, 1.82) is 0 Å². The molecule has 4 nitrogen and oxygen atoms in total. The first kappa shape index (κ1) is 15.4. The van der Waals surface area contributed by atoms with Crippen molar-refractivity contribution < 1.29 is 13.9 Å². The number of furan rings is 1. The monoisotopic (exact) mass is 307 g/mol. The quantitative estimate of drug-likeness (QED) is 0.848. The molecule has 0 aliphatic heterocycles. The van der Waals surface area contributed by atoms with E-state index in [9.17, 15) is 4.79 Å². The van der Waals surface area contributed by atoms with Gasteiger partial charge in [-0.2, -0.15) is 0 Å². The van der Waals surface area contributed by atoms with Gasteiger partial charge >= 0.3 is 0 Å². The van der Waals surface area contributed by atoms with Crippen LogP contribution < -0.4 is 4.74 Å². The van der Waals surface area contributed by atoms with E-state index < -0.39 is 0 Å². The first-order chi connectivity index (χ1) is 9.95. The van der Waals surface area contributed by atoms with Crippen LogP contribution >= 0.6 is 11.6 Å². The van der Waals surface area contributed by atoms with Crippen LogP contribution in [0.4, 0.5) is 0 Å². The zero-order chi connectivity index (χ0) is 15.4. The average Bonchev–Trinajstić information content (AvgIpc) is 2.85. The maximum atomic E-state index is 12.0. The van der Waals surface area contributed by atoms with Crippen molar-refractivity contribution in [3.63, 3.8) is 0 Å². The van der Waals surface area contributed by atoms with E-state index in [4.69, 9.17) is 20.8 Å². The first-order valence-electron chi connectivity index (χ1n) is 6.64. The van der Waals surface area contributed by atoms with E-state index in [0.717, 1.165) is 17.1 Å². The zero-order valence-electron chi connectivity index (χ0n) is 12.4. The van der Waals surface area contributed by atoms with Gasteiger partial charge in [0.15, 0.2) is 6.61 Å². The molecule has 0 aliphatic carbocycles. The van der Waals surface area contributed by atoms with Crippen molar-refractivity contribution in [1.82, 2.24) is 4.90 Å². The summed E-state index contributed by atoms with van der Waals surface area (Å²) in [5.41, 5.74) is 0.918. The Hall–Kier alpha value is -1.94. The molecular formula is C16H18ClNO3. The highest BCUT2D eigenvalue weighted by atomic mass is 35.5. The Bertz CT molecular complexity index is 636. The number of halogens is 1.